The molecule has 0 heterocycles. The van der Waals surface area contributed by atoms with Gasteiger partial charge >= 0.3 is 5.97 Å². The van der Waals surface area contributed by atoms with Crippen LogP contribution in [0.25, 0.3) is 0 Å². The van der Waals surface area contributed by atoms with E-state index in [1.807, 2.05) is 0 Å². The molecular weight excluding hydrogens is 436 g/mol. The Labute approximate surface area is 184 Å². The Morgan fingerprint density at radius 2 is 1.24 bits per heavy atom. The fourth-order valence-electron chi connectivity index (χ4n) is 2.66. The number of phenolic OH excluding ortho intramolecular Hbond substituents is 2. The van der Waals surface area contributed by atoms with E-state index in [-0.39, 0.29) is 50.9 Å². The maximum atomic E-state index is 11.3. The molecule has 0 spiro atoms. The number of rotatable bonds is 7. The first-order chi connectivity index (χ1) is 15.7. The van der Waals surface area contributed by atoms with Crippen molar-refractivity contribution in [3.8, 4) is 11.5 Å². The van der Waals surface area contributed by atoms with E-state index in [0.717, 1.165) is 48.8 Å². The molecule has 33 heavy (non-hydrogen) atoms. The van der Waals surface area contributed by atoms with Crippen molar-refractivity contribution >= 4 is 41.1 Å². The Kier molecular flexibility index (Phi) is 6.39. The SMILES string of the molecule is O=C(O)c1ccc(N=Cc2cc([N+](=O)[O-])ccc2O)c(N=Cc2cc([N+](=O)[O-])ccc2O)c1. The fraction of sp³-hybridized carbons (Fsp3) is 0. The van der Waals surface area contributed by atoms with Crippen LogP contribution < -0.4 is 0 Å². The summed E-state index contributed by atoms with van der Waals surface area (Å²) in [6, 6.07) is 10.5. The lowest BCUT2D eigenvalue weighted by molar-refractivity contribution is -0.385. The third-order valence-corrected chi connectivity index (χ3v) is 4.35. The number of hydrogen-bond donors (Lipinski definition) is 3. The van der Waals surface area contributed by atoms with Gasteiger partial charge in [-0.2, -0.15) is 0 Å². The first-order valence-electron chi connectivity index (χ1n) is 9.06. The zero-order valence-electron chi connectivity index (χ0n) is 16.5. The Balaban J connectivity index is 2.04. The summed E-state index contributed by atoms with van der Waals surface area (Å²) in [6.07, 6.45) is 2.25. The minimum atomic E-state index is -1.24. The van der Waals surface area contributed by atoms with E-state index in [9.17, 15) is 40.3 Å². The summed E-state index contributed by atoms with van der Waals surface area (Å²) in [5.41, 5.74) is -0.464. The molecule has 0 aliphatic heterocycles. The number of benzene rings is 3. The average molecular weight is 450 g/mol. The van der Waals surface area contributed by atoms with E-state index in [1.54, 1.807) is 0 Å². The van der Waals surface area contributed by atoms with E-state index in [0.29, 0.717) is 0 Å². The van der Waals surface area contributed by atoms with Gasteiger partial charge in [0.1, 0.15) is 11.5 Å². The van der Waals surface area contributed by atoms with Crippen molar-refractivity contribution in [2.45, 2.75) is 0 Å². The molecule has 3 aromatic rings. The molecule has 0 aliphatic carbocycles. The van der Waals surface area contributed by atoms with E-state index < -0.39 is 15.8 Å². The van der Waals surface area contributed by atoms with E-state index >= 15 is 0 Å². The van der Waals surface area contributed by atoms with Crippen LogP contribution in [0.3, 0.4) is 0 Å². The first kappa shape index (κ1) is 22.6. The number of aliphatic imine (C=N–C) groups is 2. The predicted octanol–water partition coefficient (Wildman–Crippen LogP) is 4.11. The Morgan fingerprint density at radius 3 is 1.70 bits per heavy atom. The highest BCUT2D eigenvalue weighted by molar-refractivity contribution is 5.93. The third kappa shape index (κ3) is 5.32. The van der Waals surface area contributed by atoms with Gasteiger partial charge in [-0.05, 0) is 30.3 Å². The van der Waals surface area contributed by atoms with E-state index in [1.165, 1.54) is 18.2 Å². The van der Waals surface area contributed by atoms with Crippen LogP contribution in [0.2, 0.25) is 0 Å². The molecule has 0 bridgehead atoms. The molecule has 12 nitrogen and oxygen atoms in total. The number of hydrogen-bond acceptors (Lipinski definition) is 9. The molecule has 3 aromatic carbocycles. The van der Waals surface area contributed by atoms with Crippen LogP contribution in [0, 0.1) is 20.2 Å². The number of non-ortho nitro benzene ring substituents is 2. The second-order valence-corrected chi connectivity index (χ2v) is 6.53. The van der Waals surface area contributed by atoms with Crippen molar-refractivity contribution in [1.82, 2.24) is 0 Å². The minimum Gasteiger partial charge on any atom is -0.507 e. The molecule has 0 aliphatic rings. The molecule has 3 N–H and O–H groups in total. The molecule has 0 saturated carbocycles. The average Bonchev–Trinajstić information content (AvgIpc) is 2.77. The van der Waals surface area contributed by atoms with Crippen LogP contribution in [-0.4, -0.2) is 43.6 Å². The van der Waals surface area contributed by atoms with Crippen molar-refractivity contribution < 1.29 is 30.0 Å². The van der Waals surface area contributed by atoms with Crippen LogP contribution in [0.4, 0.5) is 22.7 Å². The zero-order chi connectivity index (χ0) is 24.1. The number of carboxylic acid groups (broad SMARTS) is 1. The van der Waals surface area contributed by atoms with Crippen LogP contribution in [0.5, 0.6) is 11.5 Å². The highest BCUT2D eigenvalue weighted by Gasteiger charge is 2.12. The standard InChI is InChI=1S/C21H14N4O8/c26-19-5-2-15(24(30)31)7-13(19)10-22-17-4-1-12(21(28)29)9-18(17)23-11-14-8-16(25(32)33)3-6-20(14)27/h1-11,26-27H,(H,28,29). The van der Waals surface area contributed by atoms with Gasteiger partial charge in [-0.1, -0.05) is 0 Å². The van der Waals surface area contributed by atoms with Gasteiger partial charge in [0.25, 0.3) is 11.4 Å². The summed E-state index contributed by atoms with van der Waals surface area (Å²) in [5.74, 6) is -1.79. The Morgan fingerprint density at radius 1 is 0.758 bits per heavy atom. The molecule has 166 valence electrons. The highest BCUT2D eigenvalue weighted by Crippen LogP contribution is 2.31. The summed E-state index contributed by atoms with van der Waals surface area (Å²) in [4.78, 5) is 40.2. The smallest absolute Gasteiger partial charge is 0.335 e. The molecule has 0 fully saturated rings. The van der Waals surface area contributed by atoms with Crippen molar-refractivity contribution in [2.75, 3.05) is 0 Å². The van der Waals surface area contributed by atoms with Crippen molar-refractivity contribution in [3.63, 3.8) is 0 Å². The number of nitrogens with zero attached hydrogens (tertiary/aromatic N) is 4. The lowest BCUT2D eigenvalue weighted by Gasteiger charge is -2.04. The van der Waals surface area contributed by atoms with Gasteiger partial charge in [-0.3, -0.25) is 30.2 Å². The summed E-state index contributed by atoms with van der Waals surface area (Å²) < 4.78 is 0. The first-order valence-corrected chi connectivity index (χ1v) is 9.06. The largest absolute Gasteiger partial charge is 0.507 e. The molecule has 0 atom stereocenters. The van der Waals surface area contributed by atoms with Gasteiger partial charge in [0.15, 0.2) is 0 Å². The molecule has 0 aromatic heterocycles. The normalized spacial score (nSPS) is 11.2. The molecule has 3 rings (SSSR count). The minimum absolute atomic E-state index is 0.0104. The maximum absolute atomic E-state index is 11.3. The molecule has 0 amide bonds. The van der Waals surface area contributed by atoms with Gasteiger partial charge in [0.2, 0.25) is 0 Å². The fourth-order valence-corrected chi connectivity index (χ4v) is 2.66. The molecule has 0 unspecified atom stereocenters. The second kappa shape index (κ2) is 9.34. The Bertz CT molecular complexity index is 1330. The second-order valence-electron chi connectivity index (χ2n) is 6.53. The Hall–Kier alpha value is -5.13. The topological polar surface area (TPSA) is 189 Å². The predicted molar refractivity (Wildman–Crippen MR) is 117 cm³/mol. The van der Waals surface area contributed by atoms with E-state index in [2.05, 4.69) is 9.98 Å². The van der Waals surface area contributed by atoms with Crippen LogP contribution in [0.1, 0.15) is 21.5 Å². The van der Waals surface area contributed by atoms with Gasteiger partial charge in [0.05, 0.1) is 26.8 Å². The van der Waals surface area contributed by atoms with Crippen molar-refractivity contribution in [3.05, 3.63) is 91.5 Å². The number of nitro groups is 2. The van der Waals surface area contributed by atoms with Gasteiger partial charge in [-0.15, -0.1) is 0 Å². The summed E-state index contributed by atoms with van der Waals surface area (Å²) >= 11 is 0. The van der Waals surface area contributed by atoms with Gasteiger partial charge < -0.3 is 15.3 Å². The lowest BCUT2D eigenvalue weighted by Crippen LogP contribution is -1.95. The number of aromatic carboxylic acids is 1. The van der Waals surface area contributed by atoms with Gasteiger partial charge in [0, 0.05) is 47.8 Å². The highest BCUT2D eigenvalue weighted by atomic mass is 16.6. The quantitative estimate of drug-likeness (QED) is 0.272. The van der Waals surface area contributed by atoms with Crippen molar-refractivity contribution in [2.24, 2.45) is 9.98 Å². The number of aromatic hydroxyl groups is 2. The van der Waals surface area contributed by atoms with E-state index in [4.69, 9.17) is 0 Å². The zero-order valence-corrected chi connectivity index (χ0v) is 16.5. The van der Waals surface area contributed by atoms with Crippen LogP contribution >= 0.6 is 0 Å². The number of carbonyl (C=O) groups is 1. The number of carboxylic acids is 1. The van der Waals surface area contributed by atoms with Gasteiger partial charge in [-0.25, -0.2) is 4.79 Å². The monoisotopic (exact) mass is 450 g/mol. The third-order valence-electron chi connectivity index (χ3n) is 4.35. The molecule has 0 radical (unpaired) electrons. The molecular formula is C21H14N4O8. The van der Waals surface area contributed by atoms with Crippen LogP contribution in [-0.2, 0) is 0 Å². The number of phenols is 2. The molecule has 12 heteroatoms. The lowest BCUT2D eigenvalue weighted by atomic mass is 10.1. The summed E-state index contributed by atoms with van der Waals surface area (Å²) in [5, 5.41) is 51.0. The summed E-state index contributed by atoms with van der Waals surface area (Å²) in [6.45, 7) is 0. The summed E-state index contributed by atoms with van der Waals surface area (Å²) in [7, 11) is 0. The molecule has 0 saturated heterocycles. The van der Waals surface area contributed by atoms with Crippen molar-refractivity contribution in [1.29, 1.82) is 0 Å². The number of nitro benzene ring substituents is 2. The maximum Gasteiger partial charge on any atom is 0.335 e. The van der Waals surface area contributed by atoms with Crippen LogP contribution in [0.15, 0.2) is 64.6 Å².